The van der Waals surface area contributed by atoms with E-state index in [9.17, 15) is 9.59 Å². The van der Waals surface area contributed by atoms with E-state index in [0.717, 1.165) is 6.42 Å². The molecule has 0 fully saturated rings. The Morgan fingerprint density at radius 3 is 2.59 bits per heavy atom. The van der Waals surface area contributed by atoms with Gasteiger partial charge in [0.25, 0.3) is 0 Å². The average Bonchev–Trinajstić information content (AvgIpc) is 2.29. The first-order valence-electron chi connectivity index (χ1n) is 5.65. The Morgan fingerprint density at radius 2 is 2.00 bits per heavy atom. The molecule has 0 aliphatic heterocycles. The van der Waals surface area contributed by atoms with Crippen molar-refractivity contribution in [2.24, 2.45) is 5.92 Å². The molecule has 0 radical (unpaired) electrons. The highest BCUT2D eigenvalue weighted by Gasteiger charge is 2.13. The molecule has 1 unspecified atom stereocenters. The van der Waals surface area contributed by atoms with Crippen LogP contribution in [0.5, 0.6) is 0 Å². The number of benzene rings is 1. The van der Waals surface area contributed by atoms with Gasteiger partial charge >= 0.3 is 5.97 Å². The van der Waals surface area contributed by atoms with Gasteiger partial charge in [-0.25, -0.2) is 0 Å². The molecule has 4 heteroatoms. The Hall–Kier alpha value is -1.84. The van der Waals surface area contributed by atoms with Gasteiger partial charge in [-0.3, -0.25) is 9.59 Å². The minimum atomic E-state index is -0.907. The van der Waals surface area contributed by atoms with Crippen LogP contribution in [0.2, 0.25) is 0 Å². The molecule has 4 nitrogen and oxygen atoms in total. The number of carboxylic acid groups (broad SMARTS) is 1. The lowest BCUT2D eigenvalue weighted by atomic mass is 10.1. The first kappa shape index (κ1) is 13.2. The minimum Gasteiger partial charge on any atom is -0.481 e. The lowest BCUT2D eigenvalue weighted by Gasteiger charge is -2.12. The summed E-state index contributed by atoms with van der Waals surface area (Å²) in [5.74, 6) is -1.06. The molecule has 0 heterocycles. The van der Waals surface area contributed by atoms with Crippen molar-refractivity contribution < 1.29 is 14.7 Å². The molecule has 0 aliphatic rings. The van der Waals surface area contributed by atoms with E-state index < -0.39 is 5.97 Å². The number of aliphatic carboxylic acids is 1. The highest BCUT2D eigenvalue weighted by atomic mass is 16.4. The summed E-state index contributed by atoms with van der Waals surface area (Å²) in [7, 11) is 0. The molecule has 92 valence electrons. The summed E-state index contributed by atoms with van der Waals surface area (Å²) in [6.45, 7) is 3.78. The molecule has 0 aliphatic carbocycles. The van der Waals surface area contributed by atoms with Crippen LogP contribution < -0.4 is 5.32 Å². The second-order valence-corrected chi connectivity index (χ2v) is 4.03. The number of carbonyl (C=O) groups is 2. The Kier molecular flexibility index (Phi) is 4.69. The van der Waals surface area contributed by atoms with E-state index in [2.05, 4.69) is 5.32 Å². The van der Waals surface area contributed by atoms with E-state index in [1.165, 1.54) is 0 Å². The first-order chi connectivity index (χ1) is 8.04. The third kappa shape index (κ3) is 3.90. The highest BCUT2D eigenvalue weighted by Crippen LogP contribution is 2.17. The van der Waals surface area contributed by atoms with Crippen LogP contribution in [0.15, 0.2) is 24.3 Å². The average molecular weight is 235 g/mol. The number of amides is 1. The number of para-hydroxylation sites is 1. The van der Waals surface area contributed by atoms with E-state index in [1.807, 2.05) is 13.8 Å². The molecule has 0 bridgehead atoms. The number of carbonyl (C=O) groups excluding carboxylic acids is 1. The maximum atomic E-state index is 11.7. The predicted octanol–water partition coefficient (Wildman–Crippen LogP) is 2.30. The van der Waals surface area contributed by atoms with Gasteiger partial charge in [-0.2, -0.15) is 0 Å². The van der Waals surface area contributed by atoms with E-state index in [1.54, 1.807) is 24.3 Å². The van der Waals surface area contributed by atoms with Gasteiger partial charge in [0.1, 0.15) is 0 Å². The van der Waals surface area contributed by atoms with Crippen LogP contribution in [0.25, 0.3) is 0 Å². The Labute approximate surface area is 101 Å². The largest absolute Gasteiger partial charge is 0.481 e. The highest BCUT2D eigenvalue weighted by molar-refractivity contribution is 5.93. The van der Waals surface area contributed by atoms with Crippen LogP contribution >= 0.6 is 0 Å². The second-order valence-electron chi connectivity index (χ2n) is 4.03. The maximum Gasteiger partial charge on any atom is 0.307 e. The first-order valence-corrected chi connectivity index (χ1v) is 5.65. The van der Waals surface area contributed by atoms with E-state index >= 15 is 0 Å². The van der Waals surface area contributed by atoms with Gasteiger partial charge in [-0.1, -0.05) is 32.0 Å². The topological polar surface area (TPSA) is 66.4 Å². The van der Waals surface area contributed by atoms with Crippen molar-refractivity contribution in [3.8, 4) is 0 Å². The van der Waals surface area contributed by atoms with Gasteiger partial charge in [-0.05, 0) is 18.1 Å². The summed E-state index contributed by atoms with van der Waals surface area (Å²) in [6.07, 6.45) is 0.671. The number of nitrogens with one attached hydrogen (secondary N) is 1. The van der Waals surface area contributed by atoms with Crippen molar-refractivity contribution >= 4 is 17.6 Å². The summed E-state index contributed by atoms with van der Waals surface area (Å²) in [6, 6.07) is 6.97. The van der Waals surface area contributed by atoms with Crippen molar-refractivity contribution in [2.75, 3.05) is 5.32 Å². The van der Waals surface area contributed by atoms with Crippen LogP contribution in [0.1, 0.15) is 25.8 Å². The normalized spacial score (nSPS) is 11.9. The van der Waals surface area contributed by atoms with Crippen LogP contribution in [-0.2, 0) is 16.0 Å². The fourth-order valence-electron chi connectivity index (χ4n) is 1.40. The predicted molar refractivity (Wildman–Crippen MR) is 65.9 cm³/mol. The van der Waals surface area contributed by atoms with Gasteiger partial charge < -0.3 is 10.4 Å². The minimum absolute atomic E-state index is 0.0760. The SMILES string of the molecule is CCC(C)C(=O)Nc1ccccc1CC(=O)O. The van der Waals surface area contributed by atoms with E-state index in [-0.39, 0.29) is 18.2 Å². The monoisotopic (exact) mass is 235 g/mol. The molecule has 1 amide bonds. The van der Waals surface area contributed by atoms with Gasteiger partial charge in [0.2, 0.25) is 5.91 Å². The van der Waals surface area contributed by atoms with Crippen LogP contribution in [0.4, 0.5) is 5.69 Å². The summed E-state index contributed by atoms with van der Waals surface area (Å²) in [5, 5.41) is 11.5. The number of rotatable bonds is 5. The Balaban J connectivity index is 2.83. The number of carboxylic acids is 1. The molecule has 0 aromatic heterocycles. The summed E-state index contributed by atoms with van der Waals surface area (Å²) < 4.78 is 0. The van der Waals surface area contributed by atoms with Crippen molar-refractivity contribution in [3.63, 3.8) is 0 Å². The molecule has 1 atom stereocenters. The fourth-order valence-corrected chi connectivity index (χ4v) is 1.40. The number of anilines is 1. The molecule has 2 N–H and O–H groups in total. The zero-order chi connectivity index (χ0) is 12.8. The van der Waals surface area contributed by atoms with E-state index in [4.69, 9.17) is 5.11 Å². The standard InChI is InChI=1S/C13H17NO3/c1-3-9(2)13(17)14-11-7-5-4-6-10(11)8-12(15)16/h4-7,9H,3,8H2,1-2H3,(H,14,17)(H,15,16). The molecular weight excluding hydrogens is 218 g/mol. The quantitative estimate of drug-likeness (QED) is 0.822. The molecule has 0 spiro atoms. The zero-order valence-electron chi connectivity index (χ0n) is 10.1. The van der Waals surface area contributed by atoms with Crippen molar-refractivity contribution in [1.29, 1.82) is 0 Å². The van der Waals surface area contributed by atoms with Crippen molar-refractivity contribution in [1.82, 2.24) is 0 Å². The molecule has 0 saturated heterocycles. The van der Waals surface area contributed by atoms with Gasteiger partial charge in [0, 0.05) is 11.6 Å². The van der Waals surface area contributed by atoms with Crippen molar-refractivity contribution in [2.45, 2.75) is 26.7 Å². The van der Waals surface area contributed by atoms with Crippen LogP contribution in [0, 0.1) is 5.92 Å². The fraction of sp³-hybridized carbons (Fsp3) is 0.385. The smallest absolute Gasteiger partial charge is 0.307 e. The zero-order valence-corrected chi connectivity index (χ0v) is 10.1. The van der Waals surface area contributed by atoms with Gasteiger partial charge in [0.05, 0.1) is 6.42 Å². The molecule has 1 aromatic carbocycles. The summed E-state index contributed by atoms with van der Waals surface area (Å²) in [5.41, 5.74) is 1.21. The summed E-state index contributed by atoms with van der Waals surface area (Å²) in [4.78, 5) is 22.4. The van der Waals surface area contributed by atoms with Crippen molar-refractivity contribution in [3.05, 3.63) is 29.8 Å². The lowest BCUT2D eigenvalue weighted by Crippen LogP contribution is -2.20. The van der Waals surface area contributed by atoms with Gasteiger partial charge in [-0.15, -0.1) is 0 Å². The maximum absolute atomic E-state index is 11.7. The van der Waals surface area contributed by atoms with Crippen LogP contribution in [-0.4, -0.2) is 17.0 Å². The summed E-state index contributed by atoms with van der Waals surface area (Å²) >= 11 is 0. The number of hydrogen-bond donors (Lipinski definition) is 2. The third-order valence-corrected chi connectivity index (χ3v) is 2.68. The molecule has 17 heavy (non-hydrogen) atoms. The van der Waals surface area contributed by atoms with E-state index in [0.29, 0.717) is 11.3 Å². The molecular formula is C13H17NO3. The van der Waals surface area contributed by atoms with Crippen LogP contribution in [0.3, 0.4) is 0 Å². The number of hydrogen-bond acceptors (Lipinski definition) is 2. The lowest BCUT2D eigenvalue weighted by molar-refractivity contribution is -0.136. The third-order valence-electron chi connectivity index (χ3n) is 2.68. The molecule has 1 rings (SSSR count). The Bertz CT molecular complexity index is 415. The Morgan fingerprint density at radius 1 is 1.35 bits per heavy atom. The van der Waals surface area contributed by atoms with Gasteiger partial charge in [0.15, 0.2) is 0 Å². The molecule has 1 aromatic rings. The second kappa shape index (κ2) is 6.03. The molecule has 0 saturated carbocycles.